The summed E-state index contributed by atoms with van der Waals surface area (Å²) in [6, 6.07) is 9.17. The number of rotatable bonds is 5. The number of hydrogen-bond acceptors (Lipinski definition) is 6. The van der Waals surface area contributed by atoms with Crippen LogP contribution < -0.4 is 4.74 Å². The van der Waals surface area contributed by atoms with E-state index in [-0.39, 0.29) is 23.8 Å². The van der Waals surface area contributed by atoms with Gasteiger partial charge in [-0.25, -0.2) is 9.18 Å². The second-order valence-corrected chi connectivity index (χ2v) is 9.62. The summed E-state index contributed by atoms with van der Waals surface area (Å²) >= 11 is 0. The molecule has 0 bridgehead atoms. The lowest BCUT2D eigenvalue weighted by molar-refractivity contribution is -0.385. The van der Waals surface area contributed by atoms with Crippen molar-refractivity contribution in [1.29, 1.82) is 0 Å². The quantitative estimate of drug-likeness (QED) is 0.509. The van der Waals surface area contributed by atoms with Gasteiger partial charge in [0.25, 0.3) is 5.69 Å². The van der Waals surface area contributed by atoms with Crippen molar-refractivity contribution in [3.63, 3.8) is 0 Å². The van der Waals surface area contributed by atoms with Crippen LogP contribution in [-0.2, 0) is 11.2 Å². The van der Waals surface area contributed by atoms with E-state index in [9.17, 15) is 24.4 Å². The summed E-state index contributed by atoms with van der Waals surface area (Å²) < 4.78 is 24.8. The van der Waals surface area contributed by atoms with E-state index in [1.54, 1.807) is 46.8 Å². The number of nitrogens with zero attached hydrogens (tertiary/aromatic N) is 2. The lowest BCUT2D eigenvalue weighted by Gasteiger charge is -2.46. The van der Waals surface area contributed by atoms with Crippen molar-refractivity contribution in [3.05, 3.63) is 69.5 Å². The predicted molar refractivity (Wildman–Crippen MR) is 120 cm³/mol. The Kier molecular flexibility index (Phi) is 6.65. The van der Waals surface area contributed by atoms with Gasteiger partial charge in [0.2, 0.25) is 0 Å². The first-order chi connectivity index (χ1) is 15.3. The second-order valence-electron chi connectivity index (χ2n) is 9.62. The van der Waals surface area contributed by atoms with Crippen LogP contribution in [0.1, 0.15) is 51.8 Å². The molecule has 33 heavy (non-hydrogen) atoms. The van der Waals surface area contributed by atoms with E-state index in [0.29, 0.717) is 12.0 Å². The molecule has 0 aliphatic carbocycles. The van der Waals surface area contributed by atoms with Crippen LogP contribution in [0.15, 0.2) is 42.5 Å². The van der Waals surface area contributed by atoms with Crippen LogP contribution in [-0.4, -0.2) is 44.9 Å². The SMILES string of the molecule is CC(C)(C)OC(=O)N(CCc1ccc(F)cc1)[C@H]1c2ccc([N+](=O)[O-])cc2OC(C)(C)[C@@H]1O. The van der Waals surface area contributed by atoms with Gasteiger partial charge in [0.05, 0.1) is 17.0 Å². The van der Waals surface area contributed by atoms with Gasteiger partial charge in [0, 0.05) is 18.2 Å². The number of halogens is 1. The van der Waals surface area contributed by atoms with Gasteiger partial charge in [-0.2, -0.15) is 0 Å². The maximum Gasteiger partial charge on any atom is 0.410 e. The molecule has 1 heterocycles. The molecule has 1 N–H and O–H groups in total. The Morgan fingerprint density at radius 2 is 1.88 bits per heavy atom. The zero-order chi connectivity index (χ0) is 24.6. The molecule has 1 aliphatic rings. The topological polar surface area (TPSA) is 102 Å². The van der Waals surface area contributed by atoms with E-state index in [4.69, 9.17) is 9.47 Å². The van der Waals surface area contributed by atoms with Gasteiger partial charge in [0.1, 0.15) is 28.9 Å². The maximum atomic E-state index is 13.3. The first kappa shape index (κ1) is 24.4. The van der Waals surface area contributed by atoms with Crippen LogP contribution >= 0.6 is 0 Å². The highest BCUT2D eigenvalue weighted by Gasteiger charge is 2.47. The molecule has 8 nitrogen and oxygen atoms in total. The second kappa shape index (κ2) is 8.97. The largest absolute Gasteiger partial charge is 0.484 e. The lowest BCUT2D eigenvalue weighted by atomic mass is 9.85. The van der Waals surface area contributed by atoms with Crippen molar-refractivity contribution in [2.75, 3.05) is 6.54 Å². The molecule has 1 amide bonds. The number of carbonyl (C=O) groups excluding carboxylic acids is 1. The molecule has 0 fully saturated rings. The van der Waals surface area contributed by atoms with Gasteiger partial charge in [-0.3, -0.25) is 15.0 Å². The normalized spacial score (nSPS) is 19.2. The van der Waals surface area contributed by atoms with E-state index in [1.165, 1.54) is 35.2 Å². The van der Waals surface area contributed by atoms with Gasteiger partial charge in [-0.1, -0.05) is 12.1 Å². The van der Waals surface area contributed by atoms with Gasteiger partial charge in [-0.05, 0) is 64.8 Å². The third kappa shape index (κ3) is 5.60. The fraction of sp³-hybridized carbons (Fsp3) is 0.458. The molecule has 1 aliphatic heterocycles. The minimum atomic E-state index is -1.15. The molecular weight excluding hydrogens is 431 g/mol. The highest BCUT2D eigenvalue weighted by molar-refractivity contribution is 5.70. The Morgan fingerprint density at radius 3 is 2.45 bits per heavy atom. The highest BCUT2D eigenvalue weighted by atomic mass is 19.1. The Morgan fingerprint density at radius 1 is 1.24 bits per heavy atom. The van der Waals surface area contributed by atoms with E-state index >= 15 is 0 Å². The molecule has 3 rings (SSSR count). The van der Waals surface area contributed by atoms with Crippen molar-refractivity contribution >= 4 is 11.8 Å². The number of aliphatic hydroxyl groups excluding tert-OH is 1. The molecule has 0 spiro atoms. The Hall–Kier alpha value is -3.20. The first-order valence-corrected chi connectivity index (χ1v) is 10.7. The number of aliphatic hydroxyl groups is 1. The number of ether oxygens (including phenoxy) is 2. The van der Waals surface area contributed by atoms with E-state index < -0.39 is 34.4 Å². The molecule has 9 heteroatoms. The number of nitro groups is 1. The highest BCUT2D eigenvalue weighted by Crippen LogP contribution is 2.44. The summed E-state index contributed by atoms with van der Waals surface area (Å²) in [5.74, 6) is -0.139. The van der Waals surface area contributed by atoms with Crippen molar-refractivity contribution in [2.45, 2.75) is 64.4 Å². The number of amides is 1. The van der Waals surface area contributed by atoms with Crippen LogP contribution in [0, 0.1) is 15.9 Å². The summed E-state index contributed by atoms with van der Waals surface area (Å²) in [6.45, 7) is 8.69. The lowest BCUT2D eigenvalue weighted by Crippen LogP contribution is -2.55. The molecule has 0 saturated heterocycles. The Bertz CT molecular complexity index is 1030. The Labute approximate surface area is 192 Å². The van der Waals surface area contributed by atoms with Crippen molar-refractivity contribution in [2.24, 2.45) is 0 Å². The zero-order valence-electron chi connectivity index (χ0n) is 19.4. The minimum absolute atomic E-state index is 0.158. The molecule has 0 radical (unpaired) electrons. The van der Waals surface area contributed by atoms with Crippen molar-refractivity contribution in [3.8, 4) is 5.75 Å². The summed E-state index contributed by atoms with van der Waals surface area (Å²) in [6.07, 6.45) is -1.41. The minimum Gasteiger partial charge on any atom is -0.484 e. The third-order valence-electron chi connectivity index (χ3n) is 5.43. The van der Waals surface area contributed by atoms with E-state index in [2.05, 4.69) is 0 Å². The van der Waals surface area contributed by atoms with Crippen LogP contribution in [0.4, 0.5) is 14.9 Å². The van der Waals surface area contributed by atoms with Gasteiger partial charge >= 0.3 is 6.09 Å². The number of non-ortho nitro benzene ring substituents is 1. The maximum absolute atomic E-state index is 13.3. The summed E-state index contributed by atoms with van der Waals surface area (Å²) in [5.41, 5.74) is -0.833. The number of carbonyl (C=O) groups is 1. The fourth-order valence-corrected chi connectivity index (χ4v) is 3.77. The predicted octanol–water partition coefficient (Wildman–Crippen LogP) is 4.79. The van der Waals surface area contributed by atoms with Crippen molar-refractivity contribution < 1.29 is 28.7 Å². The van der Waals surface area contributed by atoms with Crippen LogP contribution in [0.2, 0.25) is 0 Å². The van der Waals surface area contributed by atoms with Crippen LogP contribution in [0.5, 0.6) is 5.75 Å². The molecular formula is C24H29FN2O6. The average molecular weight is 461 g/mol. The summed E-state index contributed by atoms with van der Waals surface area (Å²) in [5, 5.41) is 22.5. The first-order valence-electron chi connectivity index (χ1n) is 10.7. The molecule has 0 unspecified atom stereocenters. The Balaban J connectivity index is 2.03. The smallest absolute Gasteiger partial charge is 0.410 e. The number of hydrogen-bond donors (Lipinski definition) is 1. The van der Waals surface area contributed by atoms with Gasteiger partial charge in [0.15, 0.2) is 0 Å². The molecule has 2 aromatic carbocycles. The zero-order valence-corrected chi connectivity index (χ0v) is 19.4. The van der Waals surface area contributed by atoms with Crippen LogP contribution in [0.25, 0.3) is 0 Å². The van der Waals surface area contributed by atoms with Gasteiger partial charge in [-0.15, -0.1) is 0 Å². The fourth-order valence-electron chi connectivity index (χ4n) is 3.77. The molecule has 2 atom stereocenters. The van der Waals surface area contributed by atoms with E-state index in [0.717, 1.165) is 5.56 Å². The molecule has 2 aromatic rings. The molecule has 0 saturated carbocycles. The monoisotopic (exact) mass is 460 g/mol. The summed E-state index contributed by atoms with van der Waals surface area (Å²) in [7, 11) is 0. The van der Waals surface area contributed by atoms with E-state index in [1.807, 2.05) is 0 Å². The number of nitro benzene ring substituents is 1. The third-order valence-corrected chi connectivity index (χ3v) is 5.43. The number of fused-ring (bicyclic) bond motifs is 1. The molecule has 0 aromatic heterocycles. The standard InChI is InChI=1S/C24H29FN2O6/c1-23(2,3)33-22(29)26(13-12-15-6-8-16(25)9-7-15)20-18-11-10-17(27(30)31)14-19(18)32-24(4,5)21(20)28/h6-11,14,20-21,28H,12-13H2,1-5H3/t20-,21+/m0/s1. The summed E-state index contributed by atoms with van der Waals surface area (Å²) in [4.78, 5) is 25.4. The van der Waals surface area contributed by atoms with Crippen LogP contribution in [0.3, 0.4) is 0 Å². The van der Waals surface area contributed by atoms with Gasteiger partial charge < -0.3 is 14.6 Å². The molecule has 178 valence electrons. The average Bonchev–Trinajstić information content (AvgIpc) is 2.70. The number of benzene rings is 2. The van der Waals surface area contributed by atoms with Crippen molar-refractivity contribution in [1.82, 2.24) is 4.90 Å².